The van der Waals surface area contributed by atoms with Gasteiger partial charge in [-0.15, -0.1) is 0 Å². The van der Waals surface area contributed by atoms with Gasteiger partial charge < -0.3 is 14.6 Å². The van der Waals surface area contributed by atoms with Gasteiger partial charge in [0.2, 0.25) is 0 Å². The van der Waals surface area contributed by atoms with Gasteiger partial charge in [-0.25, -0.2) is 0 Å². The van der Waals surface area contributed by atoms with Gasteiger partial charge in [0.25, 0.3) is 0 Å². The van der Waals surface area contributed by atoms with Gasteiger partial charge in [-0.1, -0.05) is 24.2 Å². The molecule has 0 atom stereocenters. The zero-order valence-corrected chi connectivity index (χ0v) is 12.4. The molecule has 0 bridgehead atoms. The van der Waals surface area contributed by atoms with E-state index in [1.165, 1.54) is 5.56 Å². The molecule has 0 spiro atoms. The van der Waals surface area contributed by atoms with Gasteiger partial charge in [-0.05, 0) is 44.5 Å². The van der Waals surface area contributed by atoms with Gasteiger partial charge in [-0.3, -0.25) is 0 Å². The van der Waals surface area contributed by atoms with Crippen molar-refractivity contribution < 1.29 is 9.26 Å². The van der Waals surface area contributed by atoms with E-state index in [2.05, 4.69) is 29.5 Å². The number of aryl methyl sites for hydroxylation is 2. The summed E-state index contributed by atoms with van der Waals surface area (Å²) < 4.78 is 10.9. The van der Waals surface area contributed by atoms with Crippen molar-refractivity contribution in [1.82, 2.24) is 10.5 Å². The molecule has 2 rings (SSSR count). The highest BCUT2D eigenvalue weighted by Gasteiger charge is 2.09. The van der Waals surface area contributed by atoms with Crippen LogP contribution in [0.15, 0.2) is 28.8 Å². The van der Waals surface area contributed by atoms with Crippen LogP contribution in [0.5, 0.6) is 5.75 Å². The Balaban J connectivity index is 1.88. The summed E-state index contributed by atoms with van der Waals surface area (Å²) in [6, 6.07) is 8.18. The maximum atomic E-state index is 5.77. The van der Waals surface area contributed by atoms with Crippen molar-refractivity contribution in [1.29, 1.82) is 0 Å². The van der Waals surface area contributed by atoms with Crippen LogP contribution in [-0.2, 0) is 13.2 Å². The van der Waals surface area contributed by atoms with E-state index in [4.69, 9.17) is 9.26 Å². The average molecular weight is 274 g/mol. The van der Waals surface area contributed by atoms with Crippen LogP contribution in [0, 0.1) is 13.8 Å². The van der Waals surface area contributed by atoms with Crippen LogP contribution in [0.1, 0.15) is 35.9 Å². The van der Waals surface area contributed by atoms with Gasteiger partial charge in [0.05, 0.1) is 11.3 Å². The lowest BCUT2D eigenvalue weighted by molar-refractivity contribution is 0.301. The van der Waals surface area contributed by atoms with Gasteiger partial charge in [0.1, 0.15) is 18.1 Å². The number of aromatic nitrogens is 1. The van der Waals surface area contributed by atoms with E-state index in [1.807, 2.05) is 26.0 Å². The number of rotatable bonds is 7. The first-order chi connectivity index (χ1) is 9.70. The minimum Gasteiger partial charge on any atom is -0.489 e. The first-order valence-electron chi connectivity index (χ1n) is 7.05. The zero-order valence-electron chi connectivity index (χ0n) is 12.4. The van der Waals surface area contributed by atoms with Crippen LogP contribution < -0.4 is 10.1 Å². The van der Waals surface area contributed by atoms with Crippen LogP contribution >= 0.6 is 0 Å². The molecule has 0 unspecified atom stereocenters. The Bertz CT molecular complexity index is 512. The molecular formula is C16H22N2O2. The predicted octanol–water partition coefficient (Wildman–Crippen LogP) is 3.37. The summed E-state index contributed by atoms with van der Waals surface area (Å²) in [5, 5.41) is 7.30. The lowest BCUT2D eigenvalue weighted by Crippen LogP contribution is -2.13. The number of nitrogens with zero attached hydrogens (tertiary/aromatic N) is 1. The second-order valence-corrected chi connectivity index (χ2v) is 4.91. The quantitative estimate of drug-likeness (QED) is 0.786. The van der Waals surface area contributed by atoms with Crippen molar-refractivity contribution in [2.24, 2.45) is 0 Å². The summed E-state index contributed by atoms with van der Waals surface area (Å²) in [7, 11) is 0. The van der Waals surface area contributed by atoms with E-state index in [-0.39, 0.29) is 0 Å². The molecule has 0 aliphatic rings. The smallest absolute Gasteiger partial charge is 0.140 e. The number of nitrogens with one attached hydrogen (secondary N) is 1. The fourth-order valence-corrected chi connectivity index (χ4v) is 1.98. The monoisotopic (exact) mass is 274 g/mol. The number of hydrogen-bond donors (Lipinski definition) is 1. The SMILES string of the molecule is CCCNCc1ccc(OCc2c(C)noc2C)cc1. The topological polar surface area (TPSA) is 47.3 Å². The standard InChI is InChI=1S/C16H22N2O2/c1-4-9-17-10-14-5-7-15(8-6-14)19-11-16-12(2)18-20-13(16)3/h5-8,17H,4,9-11H2,1-3H3. The van der Waals surface area contributed by atoms with Gasteiger partial charge in [-0.2, -0.15) is 0 Å². The fraction of sp³-hybridized carbons (Fsp3) is 0.438. The Morgan fingerprint density at radius 3 is 2.55 bits per heavy atom. The molecule has 1 N–H and O–H groups in total. The van der Waals surface area contributed by atoms with Crippen LogP contribution in [0.2, 0.25) is 0 Å². The highest BCUT2D eigenvalue weighted by molar-refractivity contribution is 5.28. The Labute approximate surface area is 120 Å². The van der Waals surface area contributed by atoms with E-state index in [1.54, 1.807) is 0 Å². The number of ether oxygens (including phenoxy) is 1. The molecule has 0 saturated carbocycles. The molecule has 0 radical (unpaired) electrons. The first-order valence-corrected chi connectivity index (χ1v) is 7.05. The van der Waals surface area contributed by atoms with Crippen LogP contribution in [0.3, 0.4) is 0 Å². The summed E-state index contributed by atoms with van der Waals surface area (Å²) in [4.78, 5) is 0. The Kier molecular flexibility index (Phi) is 5.18. The highest BCUT2D eigenvalue weighted by atomic mass is 16.5. The minimum absolute atomic E-state index is 0.495. The van der Waals surface area contributed by atoms with Crippen molar-refractivity contribution >= 4 is 0 Å². The van der Waals surface area contributed by atoms with Gasteiger partial charge >= 0.3 is 0 Å². The molecule has 4 nitrogen and oxygen atoms in total. The lowest BCUT2D eigenvalue weighted by Gasteiger charge is -2.07. The van der Waals surface area contributed by atoms with E-state index < -0.39 is 0 Å². The molecule has 1 heterocycles. The van der Waals surface area contributed by atoms with E-state index >= 15 is 0 Å². The summed E-state index contributed by atoms with van der Waals surface area (Å²) in [5.41, 5.74) is 3.18. The van der Waals surface area contributed by atoms with E-state index in [9.17, 15) is 0 Å². The fourth-order valence-electron chi connectivity index (χ4n) is 1.98. The second kappa shape index (κ2) is 7.10. The highest BCUT2D eigenvalue weighted by Crippen LogP contribution is 2.17. The third-order valence-electron chi connectivity index (χ3n) is 3.24. The normalized spacial score (nSPS) is 10.8. The van der Waals surface area contributed by atoms with Crippen LogP contribution in [0.4, 0.5) is 0 Å². The Morgan fingerprint density at radius 1 is 1.20 bits per heavy atom. The van der Waals surface area contributed by atoms with Crippen molar-refractivity contribution in [3.05, 3.63) is 46.8 Å². The van der Waals surface area contributed by atoms with Crippen molar-refractivity contribution in [3.8, 4) is 5.75 Å². The third-order valence-corrected chi connectivity index (χ3v) is 3.24. The van der Waals surface area contributed by atoms with E-state index in [0.29, 0.717) is 6.61 Å². The molecule has 4 heteroatoms. The van der Waals surface area contributed by atoms with Gasteiger partial charge in [0, 0.05) is 6.54 Å². The number of benzene rings is 1. The zero-order chi connectivity index (χ0) is 14.4. The Morgan fingerprint density at radius 2 is 1.95 bits per heavy atom. The summed E-state index contributed by atoms with van der Waals surface area (Å²) in [6.07, 6.45) is 1.15. The maximum Gasteiger partial charge on any atom is 0.140 e. The largest absolute Gasteiger partial charge is 0.489 e. The summed E-state index contributed by atoms with van der Waals surface area (Å²) in [6.45, 7) is 8.44. The Hall–Kier alpha value is -1.81. The summed E-state index contributed by atoms with van der Waals surface area (Å²) >= 11 is 0. The lowest BCUT2D eigenvalue weighted by atomic mass is 10.2. The second-order valence-electron chi connectivity index (χ2n) is 4.91. The molecular weight excluding hydrogens is 252 g/mol. The van der Waals surface area contributed by atoms with Crippen molar-refractivity contribution in [2.75, 3.05) is 6.54 Å². The third kappa shape index (κ3) is 3.84. The molecule has 0 fully saturated rings. The predicted molar refractivity (Wildman–Crippen MR) is 78.7 cm³/mol. The van der Waals surface area contributed by atoms with Crippen molar-refractivity contribution in [3.63, 3.8) is 0 Å². The van der Waals surface area contributed by atoms with E-state index in [0.717, 1.165) is 42.3 Å². The molecule has 0 saturated heterocycles. The maximum absolute atomic E-state index is 5.77. The van der Waals surface area contributed by atoms with Crippen LogP contribution in [0.25, 0.3) is 0 Å². The molecule has 1 aromatic heterocycles. The molecule has 0 aliphatic carbocycles. The molecule has 108 valence electrons. The van der Waals surface area contributed by atoms with Crippen LogP contribution in [-0.4, -0.2) is 11.7 Å². The summed E-state index contributed by atoms with van der Waals surface area (Å²) in [5.74, 6) is 1.69. The molecule has 20 heavy (non-hydrogen) atoms. The molecule has 0 amide bonds. The average Bonchev–Trinajstić information content (AvgIpc) is 2.78. The van der Waals surface area contributed by atoms with Crippen molar-refractivity contribution in [2.45, 2.75) is 40.3 Å². The number of hydrogen-bond acceptors (Lipinski definition) is 4. The molecule has 0 aliphatic heterocycles. The molecule has 1 aromatic carbocycles. The first kappa shape index (κ1) is 14.6. The van der Waals surface area contributed by atoms with Gasteiger partial charge in [0.15, 0.2) is 0 Å². The molecule has 2 aromatic rings. The minimum atomic E-state index is 0.495.